The van der Waals surface area contributed by atoms with Crippen LogP contribution in [0.15, 0.2) is 60.8 Å². The van der Waals surface area contributed by atoms with Gasteiger partial charge in [0.2, 0.25) is 0 Å². The molecule has 0 fully saturated rings. The van der Waals surface area contributed by atoms with Crippen molar-refractivity contribution >= 4 is 16.5 Å². The van der Waals surface area contributed by atoms with Crippen molar-refractivity contribution in [2.75, 3.05) is 5.32 Å². The Morgan fingerprint density at radius 2 is 1.80 bits per heavy atom. The molecule has 1 atom stereocenters. The highest BCUT2D eigenvalue weighted by atomic mass is 19.1. The van der Waals surface area contributed by atoms with Gasteiger partial charge in [0.25, 0.3) is 0 Å². The fraction of sp³-hybridized carbons (Fsp3) is 0.118. The van der Waals surface area contributed by atoms with Crippen LogP contribution in [0.2, 0.25) is 0 Å². The van der Waals surface area contributed by atoms with Crippen LogP contribution in [-0.4, -0.2) is 4.98 Å². The number of benzene rings is 2. The molecule has 20 heavy (non-hydrogen) atoms. The van der Waals surface area contributed by atoms with Gasteiger partial charge in [0.1, 0.15) is 5.82 Å². The number of nitrogens with zero attached hydrogens (tertiary/aromatic N) is 1. The number of hydrogen-bond acceptors (Lipinski definition) is 2. The number of rotatable bonds is 3. The Bertz CT molecular complexity index is 722. The lowest BCUT2D eigenvalue weighted by Crippen LogP contribution is -2.08. The standard InChI is InChI=1S/C17H15FN2/c1-12(17-9-7-15(18)11-19-17)20-16-8-6-13-4-2-3-5-14(13)10-16/h2-12,20H,1H3. The van der Waals surface area contributed by atoms with E-state index in [4.69, 9.17) is 0 Å². The minimum absolute atomic E-state index is 0.0248. The van der Waals surface area contributed by atoms with E-state index >= 15 is 0 Å². The highest BCUT2D eigenvalue weighted by Crippen LogP contribution is 2.22. The van der Waals surface area contributed by atoms with E-state index < -0.39 is 0 Å². The van der Waals surface area contributed by atoms with Crippen molar-refractivity contribution in [1.82, 2.24) is 4.98 Å². The van der Waals surface area contributed by atoms with Crippen molar-refractivity contribution in [2.24, 2.45) is 0 Å². The number of anilines is 1. The third-order valence-corrected chi connectivity index (χ3v) is 3.33. The minimum Gasteiger partial charge on any atom is -0.377 e. The molecule has 0 amide bonds. The van der Waals surface area contributed by atoms with E-state index in [1.54, 1.807) is 6.07 Å². The van der Waals surface area contributed by atoms with E-state index in [1.165, 1.54) is 23.0 Å². The summed E-state index contributed by atoms with van der Waals surface area (Å²) in [6.45, 7) is 2.01. The van der Waals surface area contributed by atoms with Gasteiger partial charge in [-0.3, -0.25) is 4.98 Å². The number of aromatic nitrogens is 1. The second-order valence-corrected chi connectivity index (χ2v) is 4.83. The Morgan fingerprint density at radius 1 is 1.00 bits per heavy atom. The van der Waals surface area contributed by atoms with Crippen molar-refractivity contribution in [2.45, 2.75) is 13.0 Å². The van der Waals surface area contributed by atoms with Gasteiger partial charge in [-0.25, -0.2) is 4.39 Å². The first-order chi connectivity index (χ1) is 9.72. The van der Waals surface area contributed by atoms with Crippen LogP contribution in [0.4, 0.5) is 10.1 Å². The van der Waals surface area contributed by atoms with Crippen LogP contribution < -0.4 is 5.32 Å². The SMILES string of the molecule is CC(Nc1ccc2ccccc2c1)c1ccc(F)cn1. The molecule has 0 saturated carbocycles. The average molecular weight is 266 g/mol. The Hall–Kier alpha value is -2.42. The first kappa shape index (κ1) is 12.6. The van der Waals surface area contributed by atoms with Crippen molar-refractivity contribution in [1.29, 1.82) is 0 Å². The zero-order chi connectivity index (χ0) is 13.9. The number of hydrogen-bond donors (Lipinski definition) is 1. The Balaban J connectivity index is 1.83. The van der Waals surface area contributed by atoms with Crippen LogP contribution in [0.3, 0.4) is 0 Å². The van der Waals surface area contributed by atoms with Crippen LogP contribution in [0.5, 0.6) is 0 Å². The molecule has 0 bridgehead atoms. The van der Waals surface area contributed by atoms with Gasteiger partial charge in [0.05, 0.1) is 17.9 Å². The first-order valence-corrected chi connectivity index (χ1v) is 6.59. The monoisotopic (exact) mass is 266 g/mol. The quantitative estimate of drug-likeness (QED) is 0.752. The maximum atomic E-state index is 12.9. The molecule has 0 aliphatic carbocycles. The van der Waals surface area contributed by atoms with Crippen LogP contribution in [0, 0.1) is 5.82 Å². The smallest absolute Gasteiger partial charge is 0.141 e. The molecule has 1 aromatic heterocycles. The van der Waals surface area contributed by atoms with E-state index in [0.717, 1.165) is 11.4 Å². The second-order valence-electron chi connectivity index (χ2n) is 4.83. The molecule has 3 aromatic rings. The van der Waals surface area contributed by atoms with E-state index in [0.29, 0.717) is 0 Å². The third-order valence-electron chi connectivity index (χ3n) is 3.33. The Labute approximate surface area is 117 Å². The molecule has 1 heterocycles. The van der Waals surface area contributed by atoms with E-state index in [2.05, 4.69) is 34.6 Å². The summed E-state index contributed by atoms with van der Waals surface area (Å²) < 4.78 is 12.9. The van der Waals surface area contributed by atoms with Crippen molar-refractivity contribution < 1.29 is 4.39 Å². The molecule has 2 aromatic carbocycles. The number of halogens is 1. The van der Waals surface area contributed by atoms with E-state index in [9.17, 15) is 4.39 Å². The average Bonchev–Trinajstić information content (AvgIpc) is 2.48. The molecular weight excluding hydrogens is 251 g/mol. The first-order valence-electron chi connectivity index (χ1n) is 6.59. The summed E-state index contributed by atoms with van der Waals surface area (Å²) >= 11 is 0. The molecule has 0 aliphatic heterocycles. The molecule has 3 heteroatoms. The molecule has 1 N–H and O–H groups in total. The Kier molecular flexibility index (Phi) is 3.33. The van der Waals surface area contributed by atoms with Crippen LogP contribution in [0.1, 0.15) is 18.7 Å². The fourth-order valence-corrected chi connectivity index (χ4v) is 2.25. The molecule has 0 radical (unpaired) electrons. The van der Waals surface area contributed by atoms with Crippen LogP contribution in [0.25, 0.3) is 10.8 Å². The predicted molar refractivity (Wildman–Crippen MR) is 80.2 cm³/mol. The predicted octanol–water partition coefficient (Wildman–Crippen LogP) is 4.55. The third kappa shape index (κ3) is 2.62. The van der Waals surface area contributed by atoms with Gasteiger partial charge in [0.15, 0.2) is 0 Å². The summed E-state index contributed by atoms with van der Waals surface area (Å²) in [5.74, 6) is -0.313. The number of pyridine rings is 1. The lowest BCUT2D eigenvalue weighted by Gasteiger charge is -2.15. The van der Waals surface area contributed by atoms with Crippen LogP contribution >= 0.6 is 0 Å². The van der Waals surface area contributed by atoms with Crippen molar-refractivity contribution in [3.8, 4) is 0 Å². The highest BCUT2D eigenvalue weighted by molar-refractivity contribution is 5.85. The van der Waals surface area contributed by atoms with Gasteiger partial charge in [-0.1, -0.05) is 30.3 Å². The van der Waals surface area contributed by atoms with Crippen LogP contribution in [-0.2, 0) is 0 Å². The Morgan fingerprint density at radius 3 is 2.55 bits per heavy atom. The second kappa shape index (κ2) is 5.29. The number of fused-ring (bicyclic) bond motifs is 1. The van der Waals surface area contributed by atoms with Crippen molar-refractivity contribution in [3.63, 3.8) is 0 Å². The molecule has 0 aliphatic rings. The maximum Gasteiger partial charge on any atom is 0.141 e. The topological polar surface area (TPSA) is 24.9 Å². The van der Waals surface area contributed by atoms with Gasteiger partial charge in [-0.05, 0) is 42.0 Å². The molecule has 3 rings (SSSR count). The van der Waals surface area contributed by atoms with Gasteiger partial charge >= 0.3 is 0 Å². The van der Waals surface area contributed by atoms with Gasteiger partial charge < -0.3 is 5.32 Å². The van der Waals surface area contributed by atoms with Gasteiger partial charge in [0, 0.05) is 5.69 Å². The summed E-state index contributed by atoms with van der Waals surface area (Å²) in [5, 5.41) is 5.79. The summed E-state index contributed by atoms with van der Waals surface area (Å²) in [6.07, 6.45) is 1.24. The fourth-order valence-electron chi connectivity index (χ4n) is 2.25. The molecule has 1 unspecified atom stereocenters. The van der Waals surface area contributed by atoms with E-state index in [-0.39, 0.29) is 11.9 Å². The van der Waals surface area contributed by atoms with Crippen molar-refractivity contribution in [3.05, 3.63) is 72.3 Å². The normalized spacial score (nSPS) is 12.3. The molecule has 2 nitrogen and oxygen atoms in total. The number of nitrogens with one attached hydrogen (secondary N) is 1. The minimum atomic E-state index is -0.313. The lowest BCUT2D eigenvalue weighted by molar-refractivity contribution is 0.617. The molecule has 100 valence electrons. The largest absolute Gasteiger partial charge is 0.377 e. The molecule has 0 spiro atoms. The van der Waals surface area contributed by atoms with E-state index in [1.807, 2.05) is 25.1 Å². The summed E-state index contributed by atoms with van der Waals surface area (Å²) in [6, 6.07) is 17.6. The highest BCUT2D eigenvalue weighted by Gasteiger charge is 2.07. The lowest BCUT2D eigenvalue weighted by atomic mass is 10.1. The summed E-state index contributed by atoms with van der Waals surface area (Å²) in [7, 11) is 0. The van der Waals surface area contributed by atoms with Gasteiger partial charge in [-0.2, -0.15) is 0 Å². The summed E-state index contributed by atoms with van der Waals surface area (Å²) in [4.78, 5) is 4.10. The zero-order valence-electron chi connectivity index (χ0n) is 11.2. The zero-order valence-corrected chi connectivity index (χ0v) is 11.2. The molecular formula is C17H15FN2. The molecule has 0 saturated heterocycles. The van der Waals surface area contributed by atoms with Gasteiger partial charge in [-0.15, -0.1) is 0 Å². The maximum absolute atomic E-state index is 12.9. The summed E-state index contributed by atoms with van der Waals surface area (Å²) in [5.41, 5.74) is 1.85.